The number of rotatable bonds is 4. The predicted octanol–water partition coefficient (Wildman–Crippen LogP) is 2.75. The van der Waals surface area contributed by atoms with Gasteiger partial charge in [-0.2, -0.15) is 10.2 Å². The Bertz CT molecular complexity index is 554. The molecule has 2 aromatic rings. The average molecular weight is 267 g/mol. The lowest BCUT2D eigenvalue weighted by atomic mass is 10.2. The summed E-state index contributed by atoms with van der Waals surface area (Å²) in [6.45, 7) is 6.94. The van der Waals surface area contributed by atoms with Gasteiger partial charge in [-0.25, -0.2) is 0 Å². The molecule has 0 atom stereocenters. The molecule has 4 nitrogen and oxygen atoms in total. The van der Waals surface area contributed by atoms with Gasteiger partial charge in [0, 0.05) is 18.3 Å². The van der Waals surface area contributed by atoms with Crippen molar-refractivity contribution in [2.75, 3.05) is 0 Å². The molecule has 2 aromatic heterocycles. The molecule has 2 heterocycles. The molecule has 0 unspecified atom stereocenters. The van der Waals surface area contributed by atoms with Crippen LogP contribution in [-0.2, 0) is 26.4 Å². The van der Waals surface area contributed by atoms with Crippen molar-refractivity contribution in [3.8, 4) is 0 Å². The summed E-state index contributed by atoms with van der Waals surface area (Å²) in [4.78, 5) is 0. The van der Waals surface area contributed by atoms with Crippen LogP contribution in [0.25, 0.3) is 0 Å². The van der Waals surface area contributed by atoms with Crippen LogP contribution in [0.2, 0.25) is 5.15 Å². The van der Waals surface area contributed by atoms with Crippen molar-refractivity contribution >= 4 is 11.6 Å². The standard InChI is InChI=1S/C13H19ClN4/c1-5-10-7-11(6-2)18(16-10)8-12-9(3)15-17(4)13(12)14/h7H,5-6,8H2,1-4H3. The van der Waals surface area contributed by atoms with Crippen LogP contribution in [-0.4, -0.2) is 19.6 Å². The minimum Gasteiger partial charge on any atom is -0.265 e. The molecule has 0 fully saturated rings. The molecule has 0 saturated heterocycles. The number of hydrogen-bond donors (Lipinski definition) is 0. The highest BCUT2D eigenvalue weighted by atomic mass is 35.5. The van der Waals surface area contributed by atoms with E-state index in [-0.39, 0.29) is 0 Å². The first-order valence-electron chi connectivity index (χ1n) is 6.30. The summed E-state index contributed by atoms with van der Waals surface area (Å²) in [5.74, 6) is 0. The van der Waals surface area contributed by atoms with E-state index in [1.54, 1.807) is 4.68 Å². The van der Waals surface area contributed by atoms with E-state index in [0.717, 1.165) is 29.8 Å². The summed E-state index contributed by atoms with van der Waals surface area (Å²) < 4.78 is 3.75. The predicted molar refractivity (Wildman–Crippen MR) is 73.0 cm³/mol. The summed E-state index contributed by atoms with van der Waals surface area (Å²) in [5.41, 5.74) is 4.40. The summed E-state index contributed by atoms with van der Waals surface area (Å²) in [6, 6.07) is 2.17. The van der Waals surface area contributed by atoms with Crippen molar-refractivity contribution < 1.29 is 0 Å². The fourth-order valence-corrected chi connectivity index (χ4v) is 2.35. The Morgan fingerprint density at radius 2 is 1.94 bits per heavy atom. The van der Waals surface area contributed by atoms with E-state index in [1.807, 2.05) is 18.7 Å². The quantitative estimate of drug-likeness (QED) is 0.853. The Kier molecular flexibility index (Phi) is 3.76. The lowest BCUT2D eigenvalue weighted by molar-refractivity contribution is 0.638. The van der Waals surface area contributed by atoms with Crippen molar-refractivity contribution in [1.29, 1.82) is 0 Å². The van der Waals surface area contributed by atoms with E-state index in [0.29, 0.717) is 11.7 Å². The lowest BCUT2D eigenvalue weighted by Gasteiger charge is -2.05. The third-order valence-corrected chi connectivity index (χ3v) is 3.69. The minimum atomic E-state index is 0.696. The maximum atomic E-state index is 6.26. The zero-order valence-corrected chi connectivity index (χ0v) is 12.1. The Hall–Kier alpha value is -1.29. The second-order valence-corrected chi connectivity index (χ2v) is 4.83. The van der Waals surface area contributed by atoms with E-state index in [1.165, 1.54) is 5.69 Å². The number of hydrogen-bond acceptors (Lipinski definition) is 2. The van der Waals surface area contributed by atoms with Crippen LogP contribution in [0.5, 0.6) is 0 Å². The Morgan fingerprint density at radius 3 is 2.44 bits per heavy atom. The van der Waals surface area contributed by atoms with Gasteiger partial charge in [0.05, 0.1) is 17.9 Å². The van der Waals surface area contributed by atoms with E-state index in [9.17, 15) is 0 Å². The summed E-state index contributed by atoms with van der Waals surface area (Å²) >= 11 is 6.26. The van der Waals surface area contributed by atoms with Gasteiger partial charge in [-0.1, -0.05) is 25.4 Å². The Labute approximate surface area is 113 Å². The van der Waals surface area contributed by atoms with Crippen molar-refractivity contribution in [2.24, 2.45) is 7.05 Å². The van der Waals surface area contributed by atoms with E-state index in [4.69, 9.17) is 11.6 Å². The molecular weight excluding hydrogens is 248 g/mol. The molecule has 0 aliphatic heterocycles. The molecule has 0 aromatic carbocycles. The van der Waals surface area contributed by atoms with Gasteiger partial charge in [0.2, 0.25) is 0 Å². The van der Waals surface area contributed by atoms with Crippen LogP contribution in [0.3, 0.4) is 0 Å². The smallest absolute Gasteiger partial charge is 0.132 e. The van der Waals surface area contributed by atoms with Gasteiger partial charge in [-0.3, -0.25) is 9.36 Å². The third-order valence-electron chi connectivity index (χ3n) is 3.22. The number of aryl methyl sites for hydroxylation is 4. The second-order valence-electron chi connectivity index (χ2n) is 4.47. The van der Waals surface area contributed by atoms with Crippen LogP contribution in [0.15, 0.2) is 6.07 Å². The largest absolute Gasteiger partial charge is 0.265 e. The minimum absolute atomic E-state index is 0.696. The molecule has 2 rings (SSSR count). The van der Waals surface area contributed by atoms with E-state index < -0.39 is 0 Å². The first-order chi connectivity index (χ1) is 8.56. The zero-order chi connectivity index (χ0) is 13.3. The molecule has 0 radical (unpaired) electrons. The van der Waals surface area contributed by atoms with Crippen LogP contribution in [0.4, 0.5) is 0 Å². The molecule has 0 aliphatic rings. The SMILES string of the molecule is CCc1cc(CC)n(Cc2c(C)nn(C)c2Cl)n1. The molecule has 0 aliphatic carbocycles. The first-order valence-corrected chi connectivity index (χ1v) is 6.68. The zero-order valence-electron chi connectivity index (χ0n) is 11.4. The monoisotopic (exact) mass is 266 g/mol. The first kappa shape index (κ1) is 13.1. The van der Waals surface area contributed by atoms with E-state index >= 15 is 0 Å². The lowest BCUT2D eigenvalue weighted by Crippen LogP contribution is -2.07. The highest BCUT2D eigenvalue weighted by Crippen LogP contribution is 2.20. The van der Waals surface area contributed by atoms with Gasteiger partial charge < -0.3 is 0 Å². The number of halogens is 1. The molecule has 0 N–H and O–H groups in total. The van der Waals surface area contributed by atoms with Gasteiger partial charge in [-0.05, 0) is 25.8 Å². The fraction of sp³-hybridized carbons (Fsp3) is 0.538. The molecule has 18 heavy (non-hydrogen) atoms. The van der Waals surface area contributed by atoms with Gasteiger partial charge in [0.25, 0.3) is 0 Å². The van der Waals surface area contributed by atoms with Gasteiger partial charge in [-0.15, -0.1) is 0 Å². The number of aromatic nitrogens is 4. The average Bonchev–Trinajstić information content (AvgIpc) is 2.86. The number of nitrogens with zero attached hydrogens (tertiary/aromatic N) is 4. The van der Waals surface area contributed by atoms with Gasteiger partial charge >= 0.3 is 0 Å². The summed E-state index contributed by atoms with van der Waals surface area (Å²) in [6.07, 6.45) is 1.93. The van der Waals surface area contributed by atoms with Crippen molar-refractivity contribution in [3.05, 3.63) is 33.9 Å². The molecule has 5 heteroatoms. The van der Waals surface area contributed by atoms with Gasteiger partial charge in [0.15, 0.2) is 0 Å². The Morgan fingerprint density at radius 1 is 1.22 bits per heavy atom. The summed E-state index contributed by atoms with van der Waals surface area (Å²) in [7, 11) is 1.86. The van der Waals surface area contributed by atoms with Crippen LogP contribution < -0.4 is 0 Å². The van der Waals surface area contributed by atoms with Crippen molar-refractivity contribution in [3.63, 3.8) is 0 Å². The highest BCUT2D eigenvalue weighted by molar-refractivity contribution is 6.30. The normalized spacial score (nSPS) is 11.2. The maximum absolute atomic E-state index is 6.26. The molecule has 0 bridgehead atoms. The highest BCUT2D eigenvalue weighted by Gasteiger charge is 2.14. The molecular formula is C13H19ClN4. The molecule has 0 amide bonds. The van der Waals surface area contributed by atoms with Crippen molar-refractivity contribution in [2.45, 2.75) is 40.2 Å². The third kappa shape index (κ3) is 2.29. The summed E-state index contributed by atoms with van der Waals surface area (Å²) in [5, 5.41) is 9.64. The van der Waals surface area contributed by atoms with Crippen LogP contribution in [0.1, 0.15) is 36.5 Å². The Balaban J connectivity index is 2.36. The van der Waals surface area contributed by atoms with E-state index in [2.05, 4.69) is 30.1 Å². The second kappa shape index (κ2) is 5.14. The fourth-order valence-electron chi connectivity index (χ4n) is 2.11. The van der Waals surface area contributed by atoms with Gasteiger partial charge in [0.1, 0.15) is 5.15 Å². The maximum Gasteiger partial charge on any atom is 0.132 e. The van der Waals surface area contributed by atoms with Crippen molar-refractivity contribution in [1.82, 2.24) is 19.6 Å². The van der Waals surface area contributed by atoms with Crippen LogP contribution in [0, 0.1) is 6.92 Å². The molecule has 0 saturated carbocycles. The molecule has 0 spiro atoms. The molecule has 98 valence electrons. The van der Waals surface area contributed by atoms with Crippen LogP contribution >= 0.6 is 11.6 Å². The topological polar surface area (TPSA) is 35.6 Å².